The van der Waals surface area contributed by atoms with Crippen LogP contribution in [-0.2, 0) is 0 Å². The Morgan fingerprint density at radius 1 is 1.10 bits per heavy atom. The molecular formula is C7H7F2P. The molecule has 1 aromatic rings. The second-order valence-electron chi connectivity index (χ2n) is 2.07. The van der Waals surface area contributed by atoms with Gasteiger partial charge in [-0.3, -0.25) is 0 Å². The average molecular weight is 160 g/mol. The summed E-state index contributed by atoms with van der Waals surface area (Å²) in [7, 11) is -2.91. The lowest BCUT2D eigenvalue weighted by molar-refractivity contribution is 0.763. The third kappa shape index (κ3) is 1.74. The van der Waals surface area contributed by atoms with E-state index in [0.29, 0.717) is 0 Å². The van der Waals surface area contributed by atoms with Gasteiger partial charge in [0.15, 0.2) is 0 Å². The first kappa shape index (κ1) is 7.62. The molecule has 0 saturated carbocycles. The Kier molecular flexibility index (Phi) is 2.34. The van der Waals surface area contributed by atoms with Crippen LogP contribution in [0.5, 0.6) is 0 Å². The Morgan fingerprint density at radius 3 is 2.00 bits per heavy atom. The van der Waals surface area contributed by atoms with Crippen molar-refractivity contribution in [2.24, 2.45) is 0 Å². The molecular weight excluding hydrogens is 153 g/mol. The molecule has 0 N–H and O–H groups in total. The maximum atomic E-state index is 12.0. The SMILES string of the molecule is Cc1ccc(P(F)F)cc1. The van der Waals surface area contributed by atoms with E-state index < -0.39 is 8.54 Å². The van der Waals surface area contributed by atoms with E-state index in [2.05, 4.69) is 0 Å². The highest BCUT2D eigenvalue weighted by Crippen LogP contribution is 2.36. The minimum absolute atomic E-state index is 0.153. The molecule has 0 atom stereocenters. The van der Waals surface area contributed by atoms with Gasteiger partial charge in [0.05, 0.1) is 0 Å². The Bertz CT molecular complexity index is 205. The van der Waals surface area contributed by atoms with E-state index in [4.69, 9.17) is 0 Å². The van der Waals surface area contributed by atoms with Crippen LogP contribution in [0, 0.1) is 6.92 Å². The Hall–Kier alpha value is -0.490. The van der Waals surface area contributed by atoms with Crippen LogP contribution in [0.1, 0.15) is 5.56 Å². The maximum absolute atomic E-state index is 12.0. The first-order valence-corrected chi connectivity index (χ1v) is 4.01. The van der Waals surface area contributed by atoms with Gasteiger partial charge in [-0.05, 0) is 19.1 Å². The fourth-order valence-corrected chi connectivity index (χ4v) is 1.03. The summed E-state index contributed by atoms with van der Waals surface area (Å²) >= 11 is 0. The van der Waals surface area contributed by atoms with E-state index in [-0.39, 0.29) is 5.30 Å². The monoisotopic (exact) mass is 160 g/mol. The highest BCUT2D eigenvalue weighted by molar-refractivity contribution is 7.55. The van der Waals surface area contributed by atoms with Crippen molar-refractivity contribution in [1.29, 1.82) is 0 Å². The fraction of sp³-hybridized carbons (Fsp3) is 0.143. The van der Waals surface area contributed by atoms with E-state index in [0.717, 1.165) is 5.56 Å². The molecule has 0 heterocycles. The molecule has 3 heteroatoms. The largest absolute Gasteiger partial charge is 0.298 e. The molecule has 0 spiro atoms. The zero-order chi connectivity index (χ0) is 7.56. The molecule has 0 aliphatic rings. The van der Waals surface area contributed by atoms with E-state index in [1.807, 2.05) is 6.92 Å². The first-order valence-electron chi connectivity index (χ1n) is 2.88. The standard InChI is InChI=1S/C7H7F2P/c1-6-2-4-7(5-3-6)10(8)9/h2-5H,1H3. The number of benzene rings is 1. The fourth-order valence-electron chi connectivity index (χ4n) is 0.657. The van der Waals surface area contributed by atoms with Crippen LogP contribution in [0.15, 0.2) is 24.3 Å². The van der Waals surface area contributed by atoms with E-state index in [1.165, 1.54) is 12.1 Å². The van der Waals surface area contributed by atoms with Gasteiger partial charge in [-0.25, -0.2) is 0 Å². The molecule has 0 radical (unpaired) electrons. The zero-order valence-corrected chi connectivity index (χ0v) is 6.41. The Morgan fingerprint density at radius 2 is 1.60 bits per heavy atom. The van der Waals surface area contributed by atoms with Gasteiger partial charge >= 0.3 is 0 Å². The second kappa shape index (κ2) is 3.07. The van der Waals surface area contributed by atoms with E-state index in [1.54, 1.807) is 12.1 Å². The average Bonchev–Trinajstić information content (AvgIpc) is 1.88. The first-order chi connectivity index (χ1) is 4.70. The van der Waals surface area contributed by atoms with Crippen LogP contribution < -0.4 is 5.30 Å². The van der Waals surface area contributed by atoms with Crippen molar-refractivity contribution in [3.8, 4) is 0 Å². The molecule has 0 amide bonds. The van der Waals surface area contributed by atoms with Crippen molar-refractivity contribution in [3.05, 3.63) is 29.8 Å². The van der Waals surface area contributed by atoms with Crippen LogP contribution in [0.2, 0.25) is 0 Å². The summed E-state index contributed by atoms with van der Waals surface area (Å²) in [6, 6.07) is 6.34. The lowest BCUT2D eigenvalue weighted by Gasteiger charge is -1.96. The quantitative estimate of drug-likeness (QED) is 0.554. The highest BCUT2D eigenvalue weighted by atomic mass is 31.2. The predicted molar refractivity (Wildman–Crippen MR) is 39.9 cm³/mol. The van der Waals surface area contributed by atoms with Crippen molar-refractivity contribution >= 4 is 13.8 Å². The van der Waals surface area contributed by atoms with Gasteiger partial charge in [-0.15, -0.1) is 0 Å². The number of hydrogen-bond acceptors (Lipinski definition) is 0. The Labute approximate surface area is 59.9 Å². The molecule has 0 unspecified atom stereocenters. The third-order valence-electron chi connectivity index (χ3n) is 1.23. The minimum Gasteiger partial charge on any atom is -0.183 e. The van der Waals surface area contributed by atoms with Crippen LogP contribution in [-0.4, -0.2) is 0 Å². The minimum atomic E-state index is -2.91. The summed E-state index contributed by atoms with van der Waals surface area (Å²) in [5.41, 5.74) is 1.01. The number of rotatable bonds is 1. The number of aryl methyl sites for hydroxylation is 1. The summed E-state index contributed by atoms with van der Waals surface area (Å²) in [5.74, 6) is 0. The van der Waals surface area contributed by atoms with Crippen molar-refractivity contribution in [2.75, 3.05) is 0 Å². The molecule has 54 valence electrons. The summed E-state index contributed by atoms with van der Waals surface area (Å²) in [6.07, 6.45) is 0. The molecule has 1 aromatic carbocycles. The van der Waals surface area contributed by atoms with Gasteiger partial charge in [0, 0.05) is 5.30 Å². The van der Waals surface area contributed by atoms with Crippen LogP contribution in [0.25, 0.3) is 0 Å². The van der Waals surface area contributed by atoms with Gasteiger partial charge < -0.3 is 0 Å². The number of halogens is 2. The summed E-state index contributed by atoms with van der Waals surface area (Å²) < 4.78 is 23.9. The van der Waals surface area contributed by atoms with Crippen molar-refractivity contribution in [2.45, 2.75) is 6.92 Å². The highest BCUT2D eigenvalue weighted by Gasteiger charge is 2.05. The van der Waals surface area contributed by atoms with Crippen molar-refractivity contribution in [3.63, 3.8) is 0 Å². The second-order valence-corrected chi connectivity index (χ2v) is 3.05. The molecule has 0 aromatic heterocycles. The molecule has 0 bridgehead atoms. The Balaban J connectivity index is 2.89. The van der Waals surface area contributed by atoms with Gasteiger partial charge in [-0.2, -0.15) is 8.39 Å². The van der Waals surface area contributed by atoms with Gasteiger partial charge in [-0.1, -0.05) is 17.7 Å². The smallest absolute Gasteiger partial charge is 0.183 e. The molecule has 0 nitrogen and oxygen atoms in total. The van der Waals surface area contributed by atoms with Crippen molar-refractivity contribution < 1.29 is 8.39 Å². The molecule has 0 aliphatic carbocycles. The molecule has 10 heavy (non-hydrogen) atoms. The van der Waals surface area contributed by atoms with Crippen LogP contribution >= 0.6 is 8.54 Å². The maximum Gasteiger partial charge on any atom is 0.298 e. The molecule has 0 aliphatic heterocycles. The van der Waals surface area contributed by atoms with E-state index in [9.17, 15) is 8.39 Å². The molecule has 0 fully saturated rings. The topological polar surface area (TPSA) is 0 Å². The van der Waals surface area contributed by atoms with Gasteiger partial charge in [0.2, 0.25) is 0 Å². The summed E-state index contributed by atoms with van der Waals surface area (Å²) in [5, 5.41) is 0.153. The normalized spacial score (nSPS) is 10.4. The molecule has 0 saturated heterocycles. The predicted octanol–water partition coefficient (Wildman–Crippen LogP) is 2.87. The number of hydrogen-bond donors (Lipinski definition) is 0. The van der Waals surface area contributed by atoms with Gasteiger partial charge in [0.1, 0.15) is 0 Å². The van der Waals surface area contributed by atoms with E-state index >= 15 is 0 Å². The zero-order valence-electron chi connectivity index (χ0n) is 5.51. The summed E-state index contributed by atoms with van der Waals surface area (Å²) in [6.45, 7) is 1.88. The lowest BCUT2D eigenvalue weighted by Crippen LogP contribution is -1.92. The molecule has 1 rings (SSSR count). The lowest BCUT2D eigenvalue weighted by atomic mass is 10.2. The van der Waals surface area contributed by atoms with Gasteiger partial charge in [0.25, 0.3) is 8.54 Å². The summed E-state index contributed by atoms with van der Waals surface area (Å²) in [4.78, 5) is 0. The van der Waals surface area contributed by atoms with Crippen LogP contribution in [0.3, 0.4) is 0 Å². The third-order valence-corrected chi connectivity index (χ3v) is 1.92. The van der Waals surface area contributed by atoms with Crippen molar-refractivity contribution in [1.82, 2.24) is 0 Å². The van der Waals surface area contributed by atoms with Crippen LogP contribution in [0.4, 0.5) is 8.39 Å².